The van der Waals surface area contributed by atoms with Crippen molar-refractivity contribution in [1.29, 1.82) is 0 Å². The molecule has 2 aliphatic carbocycles. The van der Waals surface area contributed by atoms with Crippen molar-refractivity contribution in [3.8, 4) is 77.9 Å². The molecule has 0 amide bonds. The van der Waals surface area contributed by atoms with Gasteiger partial charge in [-0.15, -0.1) is 0 Å². The summed E-state index contributed by atoms with van der Waals surface area (Å²) in [4.78, 5) is 0. The van der Waals surface area contributed by atoms with Gasteiger partial charge < -0.3 is 0 Å². The molecule has 0 aromatic heterocycles. The Morgan fingerprint density at radius 3 is 1.57 bits per heavy atom. The molecule has 1 spiro atoms. The monoisotopic (exact) mass is 991 g/mol. The molecule has 0 N–H and O–H groups in total. The second-order valence-electron chi connectivity index (χ2n) is 18.9. The third-order valence-electron chi connectivity index (χ3n) is 15.5. The van der Waals surface area contributed by atoms with E-state index in [9.17, 15) is 0 Å². The van der Waals surface area contributed by atoms with Crippen molar-refractivity contribution in [3.63, 3.8) is 0 Å². The maximum absolute atomic E-state index is 2.54. The topological polar surface area (TPSA) is 0 Å². The SMILES string of the molecule is [Ge][c]1ccccc1-c1cccc(-c2cccc3c(-c4cccc5c4C4(c6ccccc6-c6ccccc64)c4ccc6ccccc6c4-5)c4cccc(-c5cccc6[c]5[Ge][c]5ccccc5-6)c4cc23)c1. The van der Waals surface area contributed by atoms with E-state index in [1.54, 1.807) is 0 Å². The molecule has 315 valence electrons. The molecule has 15 rings (SSSR count). The van der Waals surface area contributed by atoms with Crippen LogP contribution in [0.15, 0.2) is 237 Å². The van der Waals surface area contributed by atoms with E-state index < -0.39 is 20.8 Å². The Bertz CT molecular complexity index is 4150. The Hall–Kier alpha value is -7.49. The van der Waals surface area contributed by atoms with Gasteiger partial charge in [-0.05, 0) is 0 Å². The first-order chi connectivity index (χ1) is 34.2. The molecule has 12 aromatic carbocycles. The zero-order chi connectivity index (χ0) is 45.4. The second-order valence-corrected chi connectivity index (χ2v) is 22.7. The van der Waals surface area contributed by atoms with Crippen molar-refractivity contribution in [2.24, 2.45) is 0 Å². The van der Waals surface area contributed by atoms with Gasteiger partial charge >= 0.3 is 389 Å². The van der Waals surface area contributed by atoms with Gasteiger partial charge in [0, 0.05) is 0 Å². The van der Waals surface area contributed by atoms with Crippen LogP contribution in [0, 0.1) is 0 Å². The molecule has 0 atom stereocenters. The van der Waals surface area contributed by atoms with Crippen molar-refractivity contribution in [2.45, 2.75) is 5.41 Å². The van der Waals surface area contributed by atoms with E-state index in [0.717, 1.165) is 0 Å². The molecule has 0 nitrogen and oxygen atoms in total. The Balaban J connectivity index is 1.09. The fourth-order valence-corrected chi connectivity index (χ4v) is 16.6. The third kappa shape index (κ3) is 5.47. The molecule has 12 aromatic rings. The molecular formula is C67H39Ge2. The van der Waals surface area contributed by atoms with Crippen LogP contribution in [-0.2, 0) is 5.41 Å². The van der Waals surface area contributed by atoms with Crippen molar-refractivity contribution >= 4 is 77.5 Å². The van der Waals surface area contributed by atoms with Crippen LogP contribution in [0.5, 0.6) is 0 Å². The fourth-order valence-electron chi connectivity index (χ4n) is 12.8. The Kier molecular flexibility index (Phi) is 8.59. The Labute approximate surface area is 416 Å². The standard InChI is InChI=1S/C67H39Ge2/c68-61-34-9-5-19-44(61)42-18-11-17-41(38-42)43-24-12-26-50-56(43)39-57-46(52-28-14-29-53-49-23-6-10-35-62(49)69-66(52)53)25-13-27-51(57)63(50)54-30-15-31-55-64-45-20-2-1-16-40(45)36-37-60(64)67(65(54)55)58-32-7-3-21-47(58)48-22-4-8-33-59(48)67/h1-39H. The molecular weight excluding hydrogens is 950 g/mol. The molecule has 0 fully saturated rings. The average Bonchev–Trinajstić information content (AvgIpc) is 4.05. The van der Waals surface area contributed by atoms with Gasteiger partial charge in [-0.25, -0.2) is 0 Å². The van der Waals surface area contributed by atoms with E-state index in [-0.39, 0.29) is 0 Å². The summed E-state index contributed by atoms with van der Waals surface area (Å²) in [5, 5.41) is 7.67. The summed E-state index contributed by atoms with van der Waals surface area (Å²) in [5.41, 5.74) is 23.3. The van der Waals surface area contributed by atoms with Crippen LogP contribution in [0.1, 0.15) is 22.3 Å². The summed E-state index contributed by atoms with van der Waals surface area (Å²) in [5.74, 6) is 0. The molecule has 1 heterocycles. The Morgan fingerprint density at radius 2 is 0.812 bits per heavy atom. The molecule has 3 aliphatic rings. The fraction of sp³-hybridized carbons (Fsp3) is 0.0149. The number of rotatable bonds is 4. The predicted octanol–water partition coefficient (Wildman–Crippen LogP) is 14.6. The maximum atomic E-state index is 2.54. The van der Waals surface area contributed by atoms with E-state index >= 15 is 0 Å². The molecule has 0 bridgehead atoms. The summed E-state index contributed by atoms with van der Waals surface area (Å²) in [6.45, 7) is 0. The Morgan fingerprint density at radius 1 is 0.304 bits per heavy atom. The third-order valence-corrected chi connectivity index (χ3v) is 19.6. The van der Waals surface area contributed by atoms with E-state index in [1.165, 1.54) is 146 Å². The van der Waals surface area contributed by atoms with Crippen LogP contribution in [0.3, 0.4) is 0 Å². The first kappa shape index (κ1) is 39.5. The predicted molar refractivity (Wildman–Crippen MR) is 293 cm³/mol. The van der Waals surface area contributed by atoms with Gasteiger partial charge in [-0.1, -0.05) is 30.3 Å². The van der Waals surface area contributed by atoms with Gasteiger partial charge in [-0.3, -0.25) is 0 Å². The van der Waals surface area contributed by atoms with Gasteiger partial charge in [0.25, 0.3) is 0 Å². The summed E-state index contributed by atoms with van der Waals surface area (Å²) < 4.78 is 4.34. The van der Waals surface area contributed by atoms with Gasteiger partial charge in [0.1, 0.15) is 0 Å². The minimum absolute atomic E-state index is 0.541. The number of benzene rings is 12. The minimum atomic E-state index is -0.545. The molecule has 69 heavy (non-hydrogen) atoms. The van der Waals surface area contributed by atoms with Gasteiger partial charge in [0.05, 0.1) is 0 Å². The number of fused-ring (bicyclic) bond motifs is 17. The normalized spacial score (nSPS) is 13.3. The van der Waals surface area contributed by atoms with Crippen LogP contribution in [-0.4, -0.2) is 31.9 Å². The molecule has 2 heteroatoms. The summed E-state index contributed by atoms with van der Waals surface area (Å²) in [6, 6.07) is 90.3. The van der Waals surface area contributed by atoms with E-state index in [2.05, 4.69) is 253 Å². The first-order valence-corrected chi connectivity index (χ1v) is 27.1. The number of hydrogen-bond acceptors (Lipinski definition) is 0. The summed E-state index contributed by atoms with van der Waals surface area (Å²) in [6.07, 6.45) is 0. The van der Waals surface area contributed by atoms with Crippen molar-refractivity contribution in [2.75, 3.05) is 0 Å². The van der Waals surface area contributed by atoms with E-state index in [0.29, 0.717) is 0 Å². The van der Waals surface area contributed by atoms with Crippen LogP contribution in [0.2, 0.25) is 0 Å². The molecule has 0 saturated heterocycles. The number of hydrogen-bond donors (Lipinski definition) is 0. The van der Waals surface area contributed by atoms with Crippen molar-refractivity contribution < 1.29 is 0 Å². The van der Waals surface area contributed by atoms with E-state index in [4.69, 9.17) is 0 Å². The first-order valence-electron chi connectivity index (χ1n) is 23.9. The zero-order valence-corrected chi connectivity index (χ0v) is 41.7. The van der Waals surface area contributed by atoms with Crippen LogP contribution in [0.4, 0.5) is 0 Å². The zero-order valence-electron chi connectivity index (χ0n) is 37.5. The van der Waals surface area contributed by atoms with Gasteiger partial charge in [-0.2, -0.15) is 0 Å². The second kappa shape index (κ2) is 15.0. The molecule has 0 saturated carbocycles. The van der Waals surface area contributed by atoms with Crippen LogP contribution >= 0.6 is 0 Å². The van der Waals surface area contributed by atoms with Crippen LogP contribution in [0.25, 0.3) is 110 Å². The van der Waals surface area contributed by atoms with Crippen molar-refractivity contribution in [3.05, 3.63) is 259 Å². The summed E-state index contributed by atoms with van der Waals surface area (Å²) in [7, 11) is 0. The van der Waals surface area contributed by atoms with Gasteiger partial charge in [0.2, 0.25) is 0 Å². The molecule has 1 aliphatic heterocycles. The molecule has 5 radical (unpaired) electrons. The summed E-state index contributed by atoms with van der Waals surface area (Å²) >= 11 is 1.67. The quantitative estimate of drug-likeness (QED) is 0.122. The van der Waals surface area contributed by atoms with Crippen LogP contribution < -0.4 is 13.2 Å². The average molecular weight is 989 g/mol. The molecule has 0 unspecified atom stereocenters. The van der Waals surface area contributed by atoms with Gasteiger partial charge in [0.15, 0.2) is 0 Å². The van der Waals surface area contributed by atoms with Crippen molar-refractivity contribution in [1.82, 2.24) is 0 Å². The van der Waals surface area contributed by atoms with E-state index in [1.807, 2.05) is 0 Å².